The highest BCUT2D eigenvalue weighted by Gasteiger charge is 2.27. The van der Waals surface area contributed by atoms with E-state index in [2.05, 4.69) is 5.32 Å². The normalized spacial score (nSPS) is 11.2. The molecule has 0 unspecified atom stereocenters. The first-order chi connectivity index (χ1) is 7.81. The number of hydrogen-bond acceptors (Lipinski definition) is 3. The zero-order valence-electron chi connectivity index (χ0n) is 9.05. The van der Waals surface area contributed by atoms with E-state index in [0.29, 0.717) is 12.8 Å². The fraction of sp³-hybridized carbons (Fsp3) is 0.778. The molecule has 2 N–H and O–H groups in total. The second-order valence-electron chi connectivity index (χ2n) is 3.25. The van der Waals surface area contributed by atoms with E-state index in [1.54, 1.807) is 0 Å². The Morgan fingerprint density at radius 2 is 1.76 bits per heavy atom. The Kier molecular flexibility index (Phi) is 7.77. The van der Waals surface area contributed by atoms with Gasteiger partial charge in [0.1, 0.15) is 0 Å². The summed E-state index contributed by atoms with van der Waals surface area (Å²) in [5.41, 5.74) is -4.27. The number of carboxylic acids is 1. The van der Waals surface area contributed by atoms with Crippen LogP contribution in [0.5, 0.6) is 0 Å². The van der Waals surface area contributed by atoms with Crippen molar-refractivity contribution in [3.63, 3.8) is 0 Å². The number of carboxylic acid groups (broad SMARTS) is 1. The molecule has 17 heavy (non-hydrogen) atoms. The molecule has 0 spiro atoms. The van der Waals surface area contributed by atoms with Gasteiger partial charge in [-0.2, -0.15) is 13.2 Å². The maximum atomic E-state index is 11.7. The van der Waals surface area contributed by atoms with Crippen molar-refractivity contribution in [3.05, 3.63) is 0 Å². The average molecular weight is 273 g/mol. The molecular formula is C9H14F3NO3S. The summed E-state index contributed by atoms with van der Waals surface area (Å²) in [7, 11) is 0. The van der Waals surface area contributed by atoms with Crippen molar-refractivity contribution >= 4 is 23.6 Å². The topological polar surface area (TPSA) is 66.4 Å². The second-order valence-corrected chi connectivity index (χ2v) is 4.40. The van der Waals surface area contributed by atoms with Crippen LogP contribution in [-0.2, 0) is 9.59 Å². The van der Waals surface area contributed by atoms with E-state index in [9.17, 15) is 22.8 Å². The minimum absolute atomic E-state index is 0.00277. The first kappa shape index (κ1) is 16.1. The van der Waals surface area contributed by atoms with Gasteiger partial charge in [-0.15, -0.1) is 0 Å². The Hall–Kier alpha value is -0.920. The third-order valence-corrected chi connectivity index (χ3v) is 2.47. The number of carbonyl (C=O) groups is 2. The summed E-state index contributed by atoms with van der Waals surface area (Å²) in [6.07, 6.45) is 0.950. The van der Waals surface area contributed by atoms with Crippen molar-refractivity contribution in [2.24, 2.45) is 0 Å². The van der Waals surface area contributed by atoms with Crippen molar-refractivity contribution in [1.82, 2.24) is 5.32 Å². The van der Waals surface area contributed by atoms with Crippen molar-refractivity contribution in [2.45, 2.75) is 31.2 Å². The van der Waals surface area contributed by atoms with E-state index in [4.69, 9.17) is 5.11 Å². The monoisotopic (exact) mass is 273 g/mol. The van der Waals surface area contributed by atoms with Gasteiger partial charge in [0, 0.05) is 25.1 Å². The molecule has 0 aromatic carbocycles. The number of aliphatic carboxylic acids is 1. The van der Waals surface area contributed by atoms with E-state index in [1.807, 2.05) is 0 Å². The van der Waals surface area contributed by atoms with E-state index < -0.39 is 11.5 Å². The van der Waals surface area contributed by atoms with Crippen molar-refractivity contribution in [1.29, 1.82) is 0 Å². The van der Waals surface area contributed by atoms with Crippen LogP contribution >= 0.6 is 11.8 Å². The average Bonchev–Trinajstić information content (AvgIpc) is 2.18. The molecule has 0 heterocycles. The van der Waals surface area contributed by atoms with Crippen molar-refractivity contribution < 1.29 is 27.9 Å². The van der Waals surface area contributed by atoms with Gasteiger partial charge in [0.25, 0.3) is 0 Å². The first-order valence-corrected chi connectivity index (χ1v) is 5.99. The number of alkyl halides is 3. The zero-order chi connectivity index (χ0) is 13.3. The largest absolute Gasteiger partial charge is 0.481 e. The van der Waals surface area contributed by atoms with Crippen molar-refractivity contribution in [3.8, 4) is 0 Å². The lowest BCUT2D eigenvalue weighted by molar-refractivity contribution is -0.137. The first-order valence-electron chi connectivity index (χ1n) is 5.00. The Balaban J connectivity index is 3.38. The third kappa shape index (κ3) is 13.0. The molecule has 0 aromatic rings. The third-order valence-electron chi connectivity index (χ3n) is 1.73. The maximum Gasteiger partial charge on any atom is 0.441 e. The van der Waals surface area contributed by atoms with Crippen LogP contribution in [0, 0.1) is 0 Å². The fourth-order valence-corrected chi connectivity index (χ4v) is 1.44. The lowest BCUT2D eigenvalue weighted by Crippen LogP contribution is -2.26. The van der Waals surface area contributed by atoms with E-state index in [1.165, 1.54) is 0 Å². The molecule has 0 aliphatic carbocycles. The Morgan fingerprint density at radius 3 is 2.29 bits per heavy atom. The van der Waals surface area contributed by atoms with E-state index >= 15 is 0 Å². The van der Waals surface area contributed by atoms with Crippen LogP contribution in [0.2, 0.25) is 0 Å². The van der Waals surface area contributed by atoms with Gasteiger partial charge in [-0.05, 0) is 24.6 Å². The van der Waals surface area contributed by atoms with Gasteiger partial charge in [-0.1, -0.05) is 0 Å². The smallest absolute Gasteiger partial charge is 0.441 e. The van der Waals surface area contributed by atoms with Gasteiger partial charge in [-0.25, -0.2) is 0 Å². The summed E-state index contributed by atoms with van der Waals surface area (Å²) in [5.74, 6) is -1.49. The quantitative estimate of drug-likeness (QED) is 0.664. The standard InChI is InChI=1S/C9H14F3NO3S/c10-9(11,12)17-6-5-13-7(14)3-1-2-4-8(15)16/h1-6H2,(H,13,14)(H,15,16). The number of nitrogens with one attached hydrogen (secondary N) is 1. The highest BCUT2D eigenvalue weighted by molar-refractivity contribution is 8.00. The fourth-order valence-electron chi connectivity index (χ4n) is 1.01. The predicted octanol–water partition coefficient (Wildman–Crippen LogP) is 2.00. The van der Waals surface area contributed by atoms with Crippen LogP contribution in [0.15, 0.2) is 0 Å². The Morgan fingerprint density at radius 1 is 1.18 bits per heavy atom. The number of halogens is 3. The van der Waals surface area contributed by atoms with Gasteiger partial charge in [-0.3, -0.25) is 9.59 Å². The molecule has 4 nitrogen and oxygen atoms in total. The molecule has 0 aliphatic rings. The van der Waals surface area contributed by atoms with E-state index in [0.717, 1.165) is 0 Å². The SMILES string of the molecule is O=C(O)CCCCC(=O)NCCSC(F)(F)F. The second kappa shape index (κ2) is 8.21. The highest BCUT2D eigenvalue weighted by Crippen LogP contribution is 2.29. The number of rotatable bonds is 8. The number of thioether (sulfide) groups is 1. The molecule has 0 saturated heterocycles. The molecule has 0 atom stereocenters. The number of hydrogen-bond donors (Lipinski definition) is 2. The molecular weight excluding hydrogens is 259 g/mol. The Labute approximate surface area is 101 Å². The van der Waals surface area contributed by atoms with Gasteiger partial charge in [0.2, 0.25) is 5.91 Å². The maximum absolute atomic E-state index is 11.7. The van der Waals surface area contributed by atoms with Crippen LogP contribution in [0.25, 0.3) is 0 Å². The summed E-state index contributed by atoms with van der Waals surface area (Å²) in [6.45, 7) is -0.0397. The van der Waals surface area contributed by atoms with Gasteiger partial charge >= 0.3 is 11.5 Å². The van der Waals surface area contributed by atoms with Gasteiger partial charge < -0.3 is 10.4 Å². The zero-order valence-corrected chi connectivity index (χ0v) is 9.86. The molecule has 0 aliphatic heterocycles. The van der Waals surface area contributed by atoms with Crippen LogP contribution in [-0.4, -0.2) is 34.8 Å². The van der Waals surface area contributed by atoms with Crippen LogP contribution in [0.3, 0.4) is 0 Å². The lowest BCUT2D eigenvalue weighted by Gasteiger charge is -2.06. The summed E-state index contributed by atoms with van der Waals surface area (Å²) in [6, 6.07) is 0. The minimum atomic E-state index is -4.27. The molecule has 0 saturated carbocycles. The predicted molar refractivity (Wildman–Crippen MR) is 57.6 cm³/mol. The molecule has 100 valence electrons. The highest BCUT2D eigenvalue weighted by atomic mass is 32.2. The lowest BCUT2D eigenvalue weighted by atomic mass is 10.2. The number of carbonyl (C=O) groups excluding carboxylic acids is 1. The Bertz CT molecular complexity index is 258. The number of unbranched alkanes of at least 4 members (excludes halogenated alkanes) is 1. The molecule has 0 bridgehead atoms. The van der Waals surface area contributed by atoms with Crippen LogP contribution < -0.4 is 5.32 Å². The van der Waals surface area contributed by atoms with Gasteiger partial charge in [0.15, 0.2) is 0 Å². The van der Waals surface area contributed by atoms with Crippen molar-refractivity contribution in [2.75, 3.05) is 12.3 Å². The van der Waals surface area contributed by atoms with Crippen LogP contribution in [0.4, 0.5) is 13.2 Å². The molecule has 1 amide bonds. The summed E-state index contributed by atoms with van der Waals surface area (Å²) in [4.78, 5) is 21.2. The van der Waals surface area contributed by atoms with Crippen LogP contribution in [0.1, 0.15) is 25.7 Å². The molecule has 0 rings (SSSR count). The number of amides is 1. The van der Waals surface area contributed by atoms with E-state index in [-0.39, 0.29) is 42.8 Å². The summed E-state index contributed by atoms with van der Waals surface area (Å²) in [5, 5.41) is 10.7. The molecule has 0 aromatic heterocycles. The summed E-state index contributed by atoms with van der Waals surface area (Å²) >= 11 is -0.185. The minimum Gasteiger partial charge on any atom is -0.481 e. The molecule has 0 fully saturated rings. The molecule has 8 heteroatoms. The molecule has 0 radical (unpaired) electrons. The van der Waals surface area contributed by atoms with Gasteiger partial charge in [0.05, 0.1) is 0 Å². The summed E-state index contributed by atoms with van der Waals surface area (Å²) < 4.78 is 35.1.